The number of rotatable bonds is 5. The average molecular weight is 306 g/mol. The van der Waals surface area contributed by atoms with Gasteiger partial charge in [0.05, 0.1) is 18.8 Å². The van der Waals surface area contributed by atoms with Crippen LogP contribution >= 0.6 is 11.8 Å². The van der Waals surface area contributed by atoms with E-state index >= 15 is 0 Å². The second kappa shape index (κ2) is 8.21. The molecule has 1 unspecified atom stereocenters. The van der Waals surface area contributed by atoms with Gasteiger partial charge in [0, 0.05) is 0 Å². The highest BCUT2D eigenvalue weighted by molar-refractivity contribution is 7.99. The maximum Gasteiger partial charge on any atom is 0.103 e. The van der Waals surface area contributed by atoms with Crippen LogP contribution in [0.25, 0.3) is 0 Å². The van der Waals surface area contributed by atoms with Crippen molar-refractivity contribution in [1.82, 2.24) is 0 Å². The van der Waals surface area contributed by atoms with Crippen LogP contribution in [-0.4, -0.2) is 23.4 Å². The van der Waals surface area contributed by atoms with Gasteiger partial charge >= 0.3 is 0 Å². The molecule has 0 spiro atoms. The van der Waals surface area contributed by atoms with E-state index in [4.69, 9.17) is 9.47 Å². The van der Waals surface area contributed by atoms with Gasteiger partial charge in [-0.1, -0.05) is 30.3 Å². The van der Waals surface area contributed by atoms with Crippen molar-refractivity contribution in [1.29, 1.82) is 0 Å². The first-order chi connectivity index (χ1) is 10.4. The molecular weight excluding hydrogens is 280 g/mol. The van der Waals surface area contributed by atoms with Gasteiger partial charge in [-0.25, -0.2) is 0 Å². The molecule has 2 aliphatic rings. The van der Waals surface area contributed by atoms with Crippen molar-refractivity contribution < 1.29 is 9.47 Å². The van der Waals surface area contributed by atoms with Crippen molar-refractivity contribution >= 4 is 11.8 Å². The Hall–Kier alpha value is -0.510. The molecule has 2 fully saturated rings. The molecular formula is C18H26O2S. The van der Waals surface area contributed by atoms with Crippen LogP contribution in [0.1, 0.15) is 50.5 Å². The molecule has 3 heteroatoms. The summed E-state index contributed by atoms with van der Waals surface area (Å²) in [5, 5.41) is 0. The Bertz CT molecular complexity index is 395. The van der Waals surface area contributed by atoms with Gasteiger partial charge in [-0.2, -0.15) is 0 Å². The number of hydrogen-bond donors (Lipinski definition) is 0. The van der Waals surface area contributed by atoms with Crippen molar-refractivity contribution in [2.24, 2.45) is 0 Å². The standard InChI is InChI=1S/C18H26O2S/c1-2-6-15(7-3-1)14-19-16-9-11-17(12-10-16)20-18-8-4-5-13-21-18/h1-3,6-7,16-18H,4-5,8-14H2. The Morgan fingerprint density at radius 1 is 0.905 bits per heavy atom. The predicted octanol–water partition coefficient (Wildman–Crippen LogP) is 4.77. The van der Waals surface area contributed by atoms with Crippen molar-refractivity contribution in [2.75, 3.05) is 5.75 Å². The summed E-state index contributed by atoms with van der Waals surface area (Å²) < 4.78 is 12.3. The van der Waals surface area contributed by atoms with Crippen LogP contribution < -0.4 is 0 Å². The van der Waals surface area contributed by atoms with Crippen molar-refractivity contribution in [2.45, 2.75) is 69.2 Å². The van der Waals surface area contributed by atoms with Crippen LogP contribution in [0.5, 0.6) is 0 Å². The summed E-state index contributed by atoms with van der Waals surface area (Å²) in [7, 11) is 0. The van der Waals surface area contributed by atoms with E-state index in [-0.39, 0.29) is 0 Å². The molecule has 0 N–H and O–H groups in total. The maximum absolute atomic E-state index is 6.25. The van der Waals surface area contributed by atoms with Crippen molar-refractivity contribution in [3.05, 3.63) is 35.9 Å². The fraction of sp³-hybridized carbons (Fsp3) is 0.667. The summed E-state index contributed by atoms with van der Waals surface area (Å²) in [6, 6.07) is 10.5. The molecule has 21 heavy (non-hydrogen) atoms. The minimum atomic E-state index is 0.420. The van der Waals surface area contributed by atoms with Crippen molar-refractivity contribution in [3.63, 3.8) is 0 Å². The third-order valence-electron chi connectivity index (χ3n) is 4.43. The van der Waals surface area contributed by atoms with Gasteiger partial charge in [-0.15, -0.1) is 11.8 Å². The van der Waals surface area contributed by atoms with Gasteiger partial charge in [0.1, 0.15) is 5.44 Å². The first kappa shape index (κ1) is 15.4. The molecule has 0 bridgehead atoms. The van der Waals surface area contributed by atoms with Crippen LogP contribution in [0, 0.1) is 0 Å². The molecule has 0 aromatic heterocycles. The topological polar surface area (TPSA) is 18.5 Å². The Kier molecular flexibility index (Phi) is 6.02. The van der Waals surface area contributed by atoms with E-state index in [1.165, 1.54) is 30.6 Å². The molecule has 2 nitrogen and oxygen atoms in total. The summed E-state index contributed by atoms with van der Waals surface area (Å²) in [4.78, 5) is 0. The normalized spacial score (nSPS) is 30.2. The van der Waals surface area contributed by atoms with Gasteiger partial charge < -0.3 is 9.47 Å². The quantitative estimate of drug-likeness (QED) is 0.780. The molecule has 1 saturated carbocycles. The first-order valence-corrected chi connectivity index (χ1v) is 9.37. The number of benzene rings is 1. The van der Waals surface area contributed by atoms with E-state index in [1.54, 1.807) is 0 Å². The van der Waals surface area contributed by atoms with Crippen molar-refractivity contribution in [3.8, 4) is 0 Å². The maximum atomic E-state index is 6.25. The Balaban J connectivity index is 1.35. The fourth-order valence-electron chi connectivity index (χ4n) is 3.16. The summed E-state index contributed by atoms with van der Waals surface area (Å²) in [5.74, 6) is 1.28. The Morgan fingerprint density at radius 3 is 2.38 bits per heavy atom. The zero-order valence-corrected chi connectivity index (χ0v) is 13.5. The lowest BCUT2D eigenvalue weighted by atomic mass is 9.95. The summed E-state index contributed by atoms with van der Waals surface area (Å²) in [5.41, 5.74) is 1.74. The largest absolute Gasteiger partial charge is 0.374 e. The average Bonchev–Trinajstić information content (AvgIpc) is 2.56. The lowest BCUT2D eigenvalue weighted by molar-refractivity contribution is -0.0456. The predicted molar refractivity (Wildman–Crippen MR) is 88.5 cm³/mol. The second-order valence-corrected chi connectivity index (χ2v) is 7.39. The summed E-state index contributed by atoms with van der Waals surface area (Å²) in [6.07, 6.45) is 9.46. The van der Waals surface area contributed by atoms with Gasteiger partial charge in [-0.05, 0) is 56.3 Å². The fourth-order valence-corrected chi connectivity index (χ4v) is 4.36. The van der Waals surface area contributed by atoms with Gasteiger partial charge in [0.25, 0.3) is 0 Å². The highest BCUT2D eigenvalue weighted by Gasteiger charge is 2.25. The summed E-state index contributed by atoms with van der Waals surface area (Å²) >= 11 is 2.01. The number of thioether (sulfide) groups is 1. The molecule has 116 valence electrons. The first-order valence-electron chi connectivity index (χ1n) is 8.33. The third-order valence-corrected chi connectivity index (χ3v) is 5.67. The van der Waals surface area contributed by atoms with Crippen LogP contribution in [0.4, 0.5) is 0 Å². The molecule has 1 aliphatic heterocycles. The molecule has 0 amide bonds. The molecule has 1 atom stereocenters. The number of ether oxygens (including phenoxy) is 2. The minimum absolute atomic E-state index is 0.420. The van der Waals surface area contributed by atoms with Gasteiger partial charge in [-0.3, -0.25) is 0 Å². The molecule has 1 aromatic rings. The lowest BCUT2D eigenvalue weighted by Gasteiger charge is -2.32. The zero-order valence-electron chi connectivity index (χ0n) is 12.7. The SMILES string of the molecule is c1ccc(COC2CCC(OC3CCCCS3)CC2)cc1. The Labute approximate surface area is 132 Å². The highest BCUT2D eigenvalue weighted by atomic mass is 32.2. The second-order valence-electron chi connectivity index (χ2n) is 6.13. The molecule has 3 rings (SSSR count). The van der Waals surface area contributed by atoms with E-state index in [0.717, 1.165) is 32.3 Å². The highest BCUT2D eigenvalue weighted by Crippen LogP contribution is 2.31. The van der Waals surface area contributed by atoms with Crippen LogP contribution in [-0.2, 0) is 16.1 Å². The van der Waals surface area contributed by atoms with E-state index in [9.17, 15) is 0 Å². The van der Waals surface area contributed by atoms with Crippen LogP contribution in [0.3, 0.4) is 0 Å². The Morgan fingerprint density at radius 2 is 1.67 bits per heavy atom. The molecule has 1 aromatic carbocycles. The van der Waals surface area contributed by atoms with Gasteiger partial charge in [0.2, 0.25) is 0 Å². The zero-order chi connectivity index (χ0) is 14.3. The van der Waals surface area contributed by atoms with Crippen LogP contribution in [0.2, 0.25) is 0 Å². The molecule has 1 aliphatic carbocycles. The smallest absolute Gasteiger partial charge is 0.103 e. The van der Waals surface area contributed by atoms with E-state index in [1.807, 2.05) is 11.8 Å². The molecule has 1 saturated heterocycles. The van der Waals surface area contributed by atoms with E-state index < -0.39 is 0 Å². The minimum Gasteiger partial charge on any atom is -0.374 e. The van der Waals surface area contributed by atoms with Gasteiger partial charge in [0.15, 0.2) is 0 Å². The summed E-state index contributed by atoms with van der Waals surface area (Å²) in [6.45, 7) is 0.746. The van der Waals surface area contributed by atoms with Crippen LogP contribution in [0.15, 0.2) is 30.3 Å². The van der Waals surface area contributed by atoms with E-state index in [2.05, 4.69) is 30.3 Å². The van der Waals surface area contributed by atoms with E-state index in [0.29, 0.717) is 17.6 Å². The molecule has 1 heterocycles. The molecule has 0 radical (unpaired) electrons. The number of hydrogen-bond acceptors (Lipinski definition) is 3. The monoisotopic (exact) mass is 306 g/mol. The third kappa shape index (κ3) is 5.01. The lowest BCUT2D eigenvalue weighted by Crippen LogP contribution is -2.29.